The van der Waals surface area contributed by atoms with Gasteiger partial charge >= 0.3 is 5.69 Å². The number of aromatic amines is 2. The molecule has 108 valence electrons. The molecule has 4 nitrogen and oxygen atoms in total. The van der Waals surface area contributed by atoms with Crippen LogP contribution in [0.1, 0.15) is 17.2 Å². The largest absolute Gasteiger partial charge is 0.384 e. The lowest BCUT2D eigenvalue weighted by Gasteiger charge is -2.15. The quantitative estimate of drug-likeness (QED) is 0.570. The summed E-state index contributed by atoms with van der Waals surface area (Å²) in [6.45, 7) is 0. The zero-order valence-electron chi connectivity index (χ0n) is 10.5. The number of aliphatic hydroxyl groups is 1. The first kappa shape index (κ1) is 14.8. The first-order valence-corrected chi connectivity index (χ1v) is 7.96. The number of aromatic nitrogens is 2. The minimum absolute atomic E-state index is 0.281. The fourth-order valence-electron chi connectivity index (χ4n) is 2.17. The van der Waals surface area contributed by atoms with E-state index in [4.69, 9.17) is 11.6 Å². The first-order chi connectivity index (χ1) is 9.95. The minimum Gasteiger partial charge on any atom is -0.384 e. The summed E-state index contributed by atoms with van der Waals surface area (Å²) in [4.78, 5) is 16.7. The Labute approximate surface area is 141 Å². The predicted octanol–water partition coefficient (Wildman–Crippen LogP) is 4.12. The smallest absolute Gasteiger partial charge is 0.323 e. The molecule has 0 aliphatic carbocycles. The van der Waals surface area contributed by atoms with E-state index in [0.717, 1.165) is 4.47 Å². The molecule has 0 spiro atoms. The monoisotopic (exact) mass is 430 g/mol. The van der Waals surface area contributed by atoms with E-state index in [1.165, 1.54) is 0 Å². The van der Waals surface area contributed by atoms with Gasteiger partial charge in [0.2, 0.25) is 0 Å². The van der Waals surface area contributed by atoms with Gasteiger partial charge in [0.25, 0.3) is 0 Å². The van der Waals surface area contributed by atoms with E-state index in [0.29, 0.717) is 31.7 Å². The third kappa shape index (κ3) is 2.81. The highest BCUT2D eigenvalue weighted by molar-refractivity contribution is 9.10. The minimum atomic E-state index is -0.853. The summed E-state index contributed by atoms with van der Waals surface area (Å²) < 4.78 is 1.43. The van der Waals surface area contributed by atoms with Crippen LogP contribution in [0.4, 0.5) is 0 Å². The molecule has 3 N–H and O–H groups in total. The van der Waals surface area contributed by atoms with E-state index in [2.05, 4.69) is 41.8 Å². The maximum atomic E-state index is 11.3. The molecule has 21 heavy (non-hydrogen) atoms. The molecule has 1 heterocycles. The molecule has 0 amide bonds. The summed E-state index contributed by atoms with van der Waals surface area (Å²) in [5.74, 6) is 0. The molecule has 2 aromatic carbocycles. The number of rotatable bonds is 2. The molecule has 0 saturated heterocycles. The molecule has 3 rings (SSSR count). The van der Waals surface area contributed by atoms with E-state index in [-0.39, 0.29) is 5.69 Å². The van der Waals surface area contributed by atoms with Crippen LogP contribution in [0.3, 0.4) is 0 Å². The summed E-state index contributed by atoms with van der Waals surface area (Å²) >= 11 is 12.7. The third-order valence-corrected chi connectivity index (χ3v) is 4.79. The maximum absolute atomic E-state index is 11.3. The Morgan fingerprint density at radius 2 is 1.62 bits per heavy atom. The first-order valence-electron chi connectivity index (χ1n) is 6.00. The number of aliphatic hydroxyl groups excluding tert-OH is 1. The molecule has 3 aromatic rings. The van der Waals surface area contributed by atoms with Gasteiger partial charge in [-0.25, -0.2) is 4.79 Å². The van der Waals surface area contributed by atoms with Gasteiger partial charge in [-0.2, -0.15) is 0 Å². The number of benzene rings is 2. The fourth-order valence-corrected chi connectivity index (χ4v) is 3.63. The highest BCUT2D eigenvalue weighted by Crippen LogP contribution is 2.35. The molecule has 0 fully saturated rings. The number of hydrogen-bond acceptors (Lipinski definition) is 2. The Morgan fingerprint density at radius 1 is 1.00 bits per heavy atom. The Morgan fingerprint density at radius 3 is 2.29 bits per heavy atom. The molecule has 1 unspecified atom stereocenters. The Balaban J connectivity index is 2.14. The highest BCUT2D eigenvalue weighted by Gasteiger charge is 2.18. The van der Waals surface area contributed by atoms with Gasteiger partial charge in [0.05, 0.1) is 11.0 Å². The summed E-state index contributed by atoms with van der Waals surface area (Å²) in [5.41, 5.74) is 2.38. The van der Waals surface area contributed by atoms with Gasteiger partial charge in [0.15, 0.2) is 0 Å². The van der Waals surface area contributed by atoms with Gasteiger partial charge in [-0.1, -0.05) is 49.5 Å². The van der Waals surface area contributed by atoms with Crippen molar-refractivity contribution in [2.24, 2.45) is 0 Å². The lowest BCUT2D eigenvalue weighted by Crippen LogP contribution is -2.02. The average Bonchev–Trinajstić information content (AvgIpc) is 2.76. The van der Waals surface area contributed by atoms with Crippen LogP contribution in [0.5, 0.6) is 0 Å². The van der Waals surface area contributed by atoms with Crippen LogP contribution >= 0.6 is 43.5 Å². The number of fused-ring (bicyclic) bond motifs is 1. The van der Waals surface area contributed by atoms with Crippen LogP contribution in [0.2, 0.25) is 5.02 Å². The van der Waals surface area contributed by atoms with E-state index in [1.54, 1.807) is 30.3 Å². The molecular formula is C14H9Br2ClN2O2. The summed E-state index contributed by atoms with van der Waals surface area (Å²) in [6, 6.07) is 8.70. The average molecular weight is 432 g/mol. The van der Waals surface area contributed by atoms with Gasteiger partial charge in [-0.3, -0.25) is 0 Å². The molecule has 1 atom stereocenters. The lowest BCUT2D eigenvalue weighted by molar-refractivity contribution is 0.219. The van der Waals surface area contributed by atoms with Crippen molar-refractivity contribution in [3.8, 4) is 0 Å². The van der Waals surface area contributed by atoms with Crippen molar-refractivity contribution in [1.82, 2.24) is 9.97 Å². The van der Waals surface area contributed by atoms with Crippen LogP contribution in [-0.2, 0) is 0 Å². The van der Waals surface area contributed by atoms with Crippen LogP contribution < -0.4 is 5.69 Å². The zero-order chi connectivity index (χ0) is 15.1. The van der Waals surface area contributed by atoms with E-state index in [1.807, 2.05) is 0 Å². The number of imidazole rings is 1. The number of H-pyrrole nitrogens is 2. The number of halogens is 3. The van der Waals surface area contributed by atoms with E-state index in [9.17, 15) is 9.90 Å². The van der Waals surface area contributed by atoms with Crippen LogP contribution in [-0.4, -0.2) is 15.1 Å². The Kier molecular flexibility index (Phi) is 3.96. The summed E-state index contributed by atoms with van der Waals surface area (Å²) in [6.07, 6.45) is -0.853. The fraction of sp³-hybridized carbons (Fsp3) is 0.0714. The standard InChI is InChI=1S/C14H9Br2ClN2O2/c15-9-3-6(17)1-2-7(9)13(20)8-4-11-12(5-10(8)16)19-14(21)18-11/h1-5,13,20H,(H2,18,19,21). The Bertz CT molecular complexity index is 888. The predicted molar refractivity (Wildman–Crippen MR) is 89.8 cm³/mol. The Hall–Kier alpha value is -1.08. The van der Waals surface area contributed by atoms with Gasteiger partial charge in [0.1, 0.15) is 6.10 Å². The molecule has 7 heteroatoms. The maximum Gasteiger partial charge on any atom is 0.323 e. The third-order valence-electron chi connectivity index (χ3n) is 3.18. The number of nitrogens with one attached hydrogen (secondary N) is 2. The summed E-state index contributed by atoms with van der Waals surface area (Å²) in [5, 5.41) is 11.2. The van der Waals surface area contributed by atoms with Crippen molar-refractivity contribution in [3.05, 3.63) is 65.9 Å². The van der Waals surface area contributed by atoms with E-state index >= 15 is 0 Å². The molecular weight excluding hydrogens is 423 g/mol. The topological polar surface area (TPSA) is 68.9 Å². The van der Waals surface area contributed by atoms with Crippen LogP contribution in [0, 0.1) is 0 Å². The van der Waals surface area contributed by atoms with Gasteiger partial charge in [-0.15, -0.1) is 0 Å². The number of hydrogen-bond donors (Lipinski definition) is 3. The molecule has 0 radical (unpaired) electrons. The van der Waals surface area contributed by atoms with Crippen LogP contribution in [0.15, 0.2) is 44.1 Å². The van der Waals surface area contributed by atoms with Crippen molar-refractivity contribution < 1.29 is 5.11 Å². The SMILES string of the molecule is O=c1[nH]c2cc(Br)c(C(O)c3ccc(Cl)cc3Br)cc2[nH]1. The second-order valence-electron chi connectivity index (χ2n) is 4.57. The molecule has 0 saturated carbocycles. The van der Waals surface area contributed by atoms with Crippen molar-refractivity contribution in [3.63, 3.8) is 0 Å². The van der Waals surface area contributed by atoms with Crippen molar-refractivity contribution in [2.75, 3.05) is 0 Å². The second-order valence-corrected chi connectivity index (χ2v) is 6.71. The van der Waals surface area contributed by atoms with Crippen molar-refractivity contribution in [2.45, 2.75) is 6.10 Å². The lowest BCUT2D eigenvalue weighted by atomic mass is 10.0. The molecule has 1 aromatic heterocycles. The molecule has 0 aliphatic heterocycles. The zero-order valence-corrected chi connectivity index (χ0v) is 14.4. The van der Waals surface area contributed by atoms with Crippen molar-refractivity contribution in [1.29, 1.82) is 0 Å². The van der Waals surface area contributed by atoms with Gasteiger partial charge < -0.3 is 15.1 Å². The van der Waals surface area contributed by atoms with E-state index < -0.39 is 6.10 Å². The normalized spacial score (nSPS) is 12.8. The molecule has 0 aliphatic rings. The van der Waals surface area contributed by atoms with Crippen molar-refractivity contribution >= 4 is 54.5 Å². The summed E-state index contributed by atoms with van der Waals surface area (Å²) in [7, 11) is 0. The van der Waals surface area contributed by atoms with Gasteiger partial charge in [-0.05, 0) is 29.8 Å². The van der Waals surface area contributed by atoms with Gasteiger partial charge in [0, 0.05) is 19.5 Å². The molecule has 0 bridgehead atoms. The second kappa shape index (κ2) is 5.61. The van der Waals surface area contributed by atoms with Crippen LogP contribution in [0.25, 0.3) is 11.0 Å². The highest BCUT2D eigenvalue weighted by atomic mass is 79.9.